The lowest BCUT2D eigenvalue weighted by molar-refractivity contribution is 0.302. The van der Waals surface area contributed by atoms with Crippen molar-refractivity contribution < 1.29 is 5.11 Å². The maximum absolute atomic E-state index is 8.44. The largest absolute Gasteiger partial charge is 0.396 e. The van der Waals surface area contributed by atoms with Gasteiger partial charge >= 0.3 is 0 Å². The fourth-order valence-electron chi connectivity index (χ4n) is 0.688. The second-order valence-corrected chi connectivity index (χ2v) is 2.73. The molecule has 0 aliphatic heterocycles. The first-order valence-electron chi connectivity index (χ1n) is 4.07. The molecule has 60 valence electrons. The van der Waals surface area contributed by atoms with Crippen LogP contribution in [-0.2, 0) is 0 Å². The highest BCUT2D eigenvalue weighted by Gasteiger charge is 1.92. The van der Waals surface area contributed by atoms with E-state index in [-0.39, 0.29) is 6.61 Å². The summed E-state index contributed by atoms with van der Waals surface area (Å²) in [4.78, 5) is 0. The van der Waals surface area contributed by atoms with Gasteiger partial charge in [-0.05, 0) is 18.8 Å². The Morgan fingerprint density at radius 3 is 2.60 bits per heavy atom. The molecular formula is C9H18O. The van der Waals surface area contributed by atoms with E-state index in [4.69, 9.17) is 5.11 Å². The van der Waals surface area contributed by atoms with Gasteiger partial charge in [-0.25, -0.2) is 0 Å². The van der Waals surface area contributed by atoms with Crippen molar-refractivity contribution in [3.63, 3.8) is 0 Å². The minimum atomic E-state index is 0.275. The summed E-state index contributed by atoms with van der Waals surface area (Å²) in [6.45, 7) is 4.71. The van der Waals surface area contributed by atoms with Crippen molar-refractivity contribution in [2.24, 2.45) is 5.92 Å². The van der Waals surface area contributed by atoms with E-state index in [1.165, 1.54) is 6.42 Å². The summed E-state index contributed by atoms with van der Waals surface area (Å²) < 4.78 is 0. The standard InChI is InChI=1S/C9H18O/c1-3-9(2)7-5-4-6-8-10/h4-5,9-10H,3,6-8H2,1-2H3. The molecule has 0 bridgehead atoms. The summed E-state index contributed by atoms with van der Waals surface area (Å²) >= 11 is 0. The number of hydrogen-bond donors (Lipinski definition) is 1. The predicted molar refractivity (Wildman–Crippen MR) is 44.9 cm³/mol. The maximum Gasteiger partial charge on any atom is 0.0465 e. The summed E-state index contributed by atoms with van der Waals surface area (Å²) in [5.74, 6) is 0.787. The molecule has 0 aromatic rings. The first kappa shape index (κ1) is 9.70. The van der Waals surface area contributed by atoms with Crippen LogP contribution in [0.15, 0.2) is 12.2 Å². The van der Waals surface area contributed by atoms with Crippen molar-refractivity contribution in [3.8, 4) is 0 Å². The average Bonchev–Trinajstić information content (AvgIpc) is 1.98. The van der Waals surface area contributed by atoms with Crippen molar-refractivity contribution in [1.82, 2.24) is 0 Å². The Kier molecular flexibility index (Phi) is 6.61. The normalized spacial score (nSPS) is 14.3. The van der Waals surface area contributed by atoms with E-state index in [0.29, 0.717) is 0 Å². The molecule has 0 aromatic heterocycles. The third-order valence-electron chi connectivity index (χ3n) is 1.70. The van der Waals surface area contributed by atoms with Crippen LogP contribution in [0.25, 0.3) is 0 Å². The molecule has 1 N–H and O–H groups in total. The van der Waals surface area contributed by atoms with Gasteiger partial charge in [0, 0.05) is 6.61 Å². The van der Waals surface area contributed by atoms with E-state index in [0.717, 1.165) is 18.8 Å². The van der Waals surface area contributed by atoms with Gasteiger partial charge in [0.1, 0.15) is 0 Å². The second kappa shape index (κ2) is 6.81. The van der Waals surface area contributed by atoms with Crippen LogP contribution in [0, 0.1) is 5.92 Å². The van der Waals surface area contributed by atoms with Crippen molar-refractivity contribution in [3.05, 3.63) is 12.2 Å². The van der Waals surface area contributed by atoms with E-state index >= 15 is 0 Å². The highest BCUT2D eigenvalue weighted by molar-refractivity contribution is 4.82. The monoisotopic (exact) mass is 142 g/mol. The lowest BCUT2D eigenvalue weighted by atomic mass is 10.1. The van der Waals surface area contributed by atoms with E-state index in [1.807, 2.05) is 6.08 Å². The Labute approximate surface area is 63.8 Å². The van der Waals surface area contributed by atoms with Crippen molar-refractivity contribution >= 4 is 0 Å². The predicted octanol–water partition coefficient (Wildman–Crippen LogP) is 2.36. The molecular weight excluding hydrogens is 124 g/mol. The molecule has 0 fully saturated rings. The molecule has 0 amide bonds. The quantitative estimate of drug-likeness (QED) is 0.584. The molecule has 0 saturated carbocycles. The Balaban J connectivity index is 3.16. The average molecular weight is 142 g/mol. The first-order chi connectivity index (χ1) is 4.81. The lowest BCUT2D eigenvalue weighted by Crippen LogP contribution is -1.87. The Morgan fingerprint density at radius 2 is 2.10 bits per heavy atom. The second-order valence-electron chi connectivity index (χ2n) is 2.73. The zero-order valence-corrected chi connectivity index (χ0v) is 7.01. The highest BCUT2D eigenvalue weighted by Crippen LogP contribution is 2.06. The third-order valence-corrected chi connectivity index (χ3v) is 1.70. The number of rotatable bonds is 5. The van der Waals surface area contributed by atoms with Crippen LogP contribution in [0.4, 0.5) is 0 Å². The van der Waals surface area contributed by atoms with Crippen LogP contribution in [-0.4, -0.2) is 11.7 Å². The van der Waals surface area contributed by atoms with E-state index in [1.54, 1.807) is 0 Å². The minimum Gasteiger partial charge on any atom is -0.396 e. The molecule has 0 heterocycles. The molecule has 0 aliphatic carbocycles. The van der Waals surface area contributed by atoms with Gasteiger partial charge in [0.05, 0.1) is 0 Å². The Hall–Kier alpha value is -0.300. The van der Waals surface area contributed by atoms with E-state index in [2.05, 4.69) is 19.9 Å². The molecule has 0 aromatic carbocycles. The van der Waals surface area contributed by atoms with Crippen molar-refractivity contribution in [2.45, 2.75) is 33.1 Å². The Bertz CT molecular complexity index is 86.7. The zero-order valence-electron chi connectivity index (χ0n) is 7.01. The van der Waals surface area contributed by atoms with Gasteiger partial charge in [-0.2, -0.15) is 0 Å². The highest BCUT2D eigenvalue weighted by atomic mass is 16.2. The van der Waals surface area contributed by atoms with Gasteiger partial charge in [-0.3, -0.25) is 0 Å². The topological polar surface area (TPSA) is 20.2 Å². The number of hydrogen-bond acceptors (Lipinski definition) is 1. The fourth-order valence-corrected chi connectivity index (χ4v) is 0.688. The molecule has 0 radical (unpaired) electrons. The van der Waals surface area contributed by atoms with Crippen molar-refractivity contribution in [2.75, 3.05) is 6.61 Å². The SMILES string of the molecule is CCC(C)CC=CCCO. The molecule has 1 unspecified atom stereocenters. The van der Waals surface area contributed by atoms with Crippen LogP contribution in [0.1, 0.15) is 33.1 Å². The smallest absolute Gasteiger partial charge is 0.0465 e. The van der Waals surface area contributed by atoms with E-state index < -0.39 is 0 Å². The first-order valence-corrected chi connectivity index (χ1v) is 4.07. The molecule has 10 heavy (non-hydrogen) atoms. The molecule has 0 spiro atoms. The van der Waals surface area contributed by atoms with Gasteiger partial charge in [-0.1, -0.05) is 32.4 Å². The number of allylic oxidation sites excluding steroid dienone is 1. The summed E-state index contributed by atoms with van der Waals surface area (Å²) in [6.07, 6.45) is 7.40. The maximum atomic E-state index is 8.44. The van der Waals surface area contributed by atoms with E-state index in [9.17, 15) is 0 Å². The van der Waals surface area contributed by atoms with Gasteiger partial charge in [0.2, 0.25) is 0 Å². The summed E-state index contributed by atoms with van der Waals surface area (Å²) in [5.41, 5.74) is 0. The van der Waals surface area contributed by atoms with Crippen LogP contribution >= 0.6 is 0 Å². The lowest BCUT2D eigenvalue weighted by Gasteiger charge is -2.01. The molecule has 0 saturated heterocycles. The fraction of sp³-hybridized carbons (Fsp3) is 0.778. The molecule has 0 aliphatic rings. The minimum absolute atomic E-state index is 0.275. The van der Waals surface area contributed by atoms with Crippen molar-refractivity contribution in [1.29, 1.82) is 0 Å². The summed E-state index contributed by atoms with van der Waals surface area (Å²) in [7, 11) is 0. The third kappa shape index (κ3) is 5.83. The number of aliphatic hydroxyl groups is 1. The van der Waals surface area contributed by atoms with Gasteiger partial charge < -0.3 is 5.11 Å². The Morgan fingerprint density at radius 1 is 1.40 bits per heavy atom. The van der Waals surface area contributed by atoms with Crippen LogP contribution in [0.3, 0.4) is 0 Å². The molecule has 1 nitrogen and oxygen atoms in total. The molecule has 0 rings (SSSR count). The van der Waals surface area contributed by atoms with Gasteiger partial charge in [0.15, 0.2) is 0 Å². The van der Waals surface area contributed by atoms with Crippen LogP contribution < -0.4 is 0 Å². The van der Waals surface area contributed by atoms with Crippen LogP contribution in [0.5, 0.6) is 0 Å². The molecule has 1 heteroatoms. The summed E-state index contributed by atoms with van der Waals surface area (Å²) in [5, 5.41) is 8.44. The number of aliphatic hydroxyl groups excluding tert-OH is 1. The summed E-state index contributed by atoms with van der Waals surface area (Å²) in [6, 6.07) is 0. The van der Waals surface area contributed by atoms with Crippen LogP contribution in [0.2, 0.25) is 0 Å². The van der Waals surface area contributed by atoms with Gasteiger partial charge in [-0.15, -0.1) is 0 Å². The molecule has 1 atom stereocenters. The van der Waals surface area contributed by atoms with Gasteiger partial charge in [0.25, 0.3) is 0 Å². The zero-order chi connectivity index (χ0) is 7.82.